The molecule has 14 N–H and O–H groups in total. The van der Waals surface area contributed by atoms with Crippen molar-refractivity contribution in [2.24, 2.45) is 5.73 Å². The number of phenolic OH excluding ortho intramolecular Hbond substituents is 12. The molecule has 0 amide bonds. The molecule has 0 aliphatic rings. The lowest BCUT2D eigenvalue weighted by Gasteiger charge is -2.25. The van der Waals surface area contributed by atoms with Gasteiger partial charge in [-0.3, -0.25) is 9.80 Å². The van der Waals surface area contributed by atoms with Crippen molar-refractivity contribution < 1.29 is 61.3 Å². The molecule has 15 nitrogen and oxygen atoms in total. The van der Waals surface area contributed by atoms with Crippen molar-refractivity contribution in [2.45, 2.75) is 134 Å². The third-order valence-corrected chi connectivity index (χ3v) is 12.0. The summed E-state index contributed by atoms with van der Waals surface area (Å²) < 4.78 is 0. The maximum atomic E-state index is 10.7. The molecule has 4 rings (SSSR count). The minimum absolute atomic E-state index is 0.0428. The van der Waals surface area contributed by atoms with Gasteiger partial charge >= 0.3 is 0 Å². The van der Waals surface area contributed by atoms with Crippen LogP contribution in [0.3, 0.4) is 0 Å². The highest BCUT2D eigenvalue weighted by Gasteiger charge is 2.24. The number of hydrogen-bond donors (Lipinski definition) is 13. The Bertz CT molecular complexity index is 2020. The third kappa shape index (κ3) is 12.3. The highest BCUT2D eigenvalue weighted by atomic mass is 16.3. The van der Waals surface area contributed by atoms with Crippen LogP contribution in [0.15, 0.2) is 0 Å². The molecule has 0 saturated heterocycles. The zero-order valence-electron chi connectivity index (χ0n) is 39.7. The van der Waals surface area contributed by atoms with Gasteiger partial charge in [0, 0.05) is 81.8 Å². The molecule has 0 unspecified atom stereocenters. The molecule has 0 aromatic heterocycles. The Morgan fingerprint density at radius 1 is 0.328 bits per heavy atom. The molecule has 0 aliphatic heterocycles. The summed E-state index contributed by atoms with van der Waals surface area (Å²) in [4.78, 5) is 4.12. The number of unbranched alkanes of at least 4 members (excludes halogenated alkanes) is 2. The Labute approximate surface area is 378 Å². The van der Waals surface area contributed by atoms with E-state index in [2.05, 4.69) is 11.8 Å². The normalized spacial score (nSPS) is 11.2. The summed E-state index contributed by atoms with van der Waals surface area (Å²) in [6.45, 7) is 22.6. The fourth-order valence-corrected chi connectivity index (χ4v) is 7.81. The zero-order valence-corrected chi connectivity index (χ0v) is 39.7. The number of nitrogens with zero attached hydrogens (tertiary/aromatic N) is 2. The fourth-order valence-electron chi connectivity index (χ4n) is 7.81. The van der Waals surface area contributed by atoms with Crippen molar-refractivity contribution in [1.29, 1.82) is 0 Å². The molecule has 0 saturated carbocycles. The van der Waals surface area contributed by atoms with Crippen LogP contribution in [0, 0.1) is 55.4 Å². The summed E-state index contributed by atoms with van der Waals surface area (Å²) in [6.07, 6.45) is 4.21. The predicted molar refractivity (Wildman–Crippen MR) is 251 cm³/mol. The van der Waals surface area contributed by atoms with Crippen LogP contribution in [0.25, 0.3) is 0 Å². The van der Waals surface area contributed by atoms with Crippen LogP contribution < -0.4 is 5.73 Å². The average Bonchev–Trinajstić information content (AvgIpc) is 3.29. The second kappa shape index (κ2) is 24.4. The first kappa shape index (κ1) is 54.5. The van der Waals surface area contributed by atoms with Crippen molar-refractivity contribution in [3.05, 3.63) is 66.8 Å². The van der Waals surface area contributed by atoms with Gasteiger partial charge in [-0.2, -0.15) is 0 Å². The minimum Gasteiger partial charge on any atom is -0.507 e. The number of rotatable bonds is 18. The van der Waals surface area contributed by atoms with Gasteiger partial charge in [0.05, 0.1) is 11.1 Å². The van der Waals surface area contributed by atoms with Gasteiger partial charge < -0.3 is 67.0 Å². The first-order valence-electron chi connectivity index (χ1n) is 22.1. The Hall–Kier alpha value is -5.64. The van der Waals surface area contributed by atoms with Crippen LogP contribution in [0.5, 0.6) is 69.0 Å². The van der Waals surface area contributed by atoms with E-state index in [1.54, 1.807) is 55.4 Å². The first-order chi connectivity index (χ1) is 30.0. The van der Waals surface area contributed by atoms with Crippen molar-refractivity contribution in [3.63, 3.8) is 0 Å². The van der Waals surface area contributed by atoms with E-state index in [0.717, 1.165) is 13.0 Å². The molecule has 64 heavy (non-hydrogen) atoms. The molecular weight excluding hydrogens is 823 g/mol. The fraction of sp³-hybridized carbons (Fsp3) is 0.510. The standard InChI is InChI=1S/C33H45NO9.C14H24N2O3.C2H6/c1-16-25(35)17(2)29(39)22(28(16)38)11-7-9-13-34(15-24-32(42)20(5)27(37)21(6)33(24)43)14-10-8-12-23-30(40)18(3)26(36)19(4)31(23)41;1-4-6-16(7-5-15)8-11-13(18)9(2)12(17)10(3)14(11)19;1-2/h35-43H,7-15H2,1-6H3;17-19H,4-8,15H2,1-3H3;1-2H3. The van der Waals surface area contributed by atoms with Gasteiger partial charge in [0.2, 0.25) is 0 Å². The summed E-state index contributed by atoms with van der Waals surface area (Å²) in [6, 6.07) is 0. The summed E-state index contributed by atoms with van der Waals surface area (Å²) >= 11 is 0. The summed E-state index contributed by atoms with van der Waals surface area (Å²) in [5.74, 6) is -1.46. The van der Waals surface area contributed by atoms with Gasteiger partial charge in [0.1, 0.15) is 69.0 Å². The largest absolute Gasteiger partial charge is 0.507 e. The lowest BCUT2D eigenvalue weighted by molar-refractivity contribution is 0.246. The van der Waals surface area contributed by atoms with Gasteiger partial charge in [0.15, 0.2) is 0 Å². The minimum atomic E-state index is -0.180. The predicted octanol–water partition coefficient (Wildman–Crippen LogP) is 8.35. The van der Waals surface area contributed by atoms with E-state index in [1.165, 1.54) is 0 Å². The van der Waals surface area contributed by atoms with Crippen molar-refractivity contribution in [2.75, 3.05) is 32.7 Å². The molecule has 0 aliphatic carbocycles. The Kier molecular flexibility index (Phi) is 20.8. The number of aromatic hydroxyl groups is 12. The van der Waals surface area contributed by atoms with E-state index in [-0.39, 0.29) is 86.7 Å². The molecule has 15 heteroatoms. The molecule has 0 bridgehead atoms. The van der Waals surface area contributed by atoms with Crippen LogP contribution >= 0.6 is 0 Å². The van der Waals surface area contributed by atoms with E-state index in [9.17, 15) is 61.3 Å². The molecule has 0 radical (unpaired) electrons. The summed E-state index contributed by atoms with van der Waals surface area (Å²) in [7, 11) is 0. The van der Waals surface area contributed by atoms with Gasteiger partial charge in [-0.15, -0.1) is 0 Å². The maximum Gasteiger partial charge on any atom is 0.130 e. The highest BCUT2D eigenvalue weighted by molar-refractivity contribution is 5.63. The van der Waals surface area contributed by atoms with Crippen molar-refractivity contribution in [1.82, 2.24) is 9.80 Å². The topological polar surface area (TPSA) is 275 Å². The summed E-state index contributed by atoms with van der Waals surface area (Å²) in [5.41, 5.74) is 9.66. The molecule has 0 spiro atoms. The van der Waals surface area contributed by atoms with Crippen LogP contribution in [0.2, 0.25) is 0 Å². The molecule has 358 valence electrons. The molecule has 0 heterocycles. The number of phenols is 12. The molecular formula is C49H75N3O12. The van der Waals surface area contributed by atoms with Crippen molar-refractivity contribution >= 4 is 0 Å². The van der Waals surface area contributed by atoms with Crippen LogP contribution in [0.1, 0.15) is 120 Å². The Morgan fingerprint density at radius 2 is 0.562 bits per heavy atom. The van der Waals surface area contributed by atoms with Crippen LogP contribution in [-0.2, 0) is 25.9 Å². The molecule has 0 atom stereocenters. The summed E-state index contributed by atoms with van der Waals surface area (Å²) in [5, 5.41) is 124. The molecule has 4 aromatic rings. The maximum absolute atomic E-state index is 10.7. The van der Waals surface area contributed by atoms with Crippen molar-refractivity contribution in [3.8, 4) is 69.0 Å². The van der Waals surface area contributed by atoms with Gasteiger partial charge in [-0.25, -0.2) is 0 Å². The highest BCUT2D eigenvalue weighted by Crippen LogP contribution is 2.45. The smallest absolute Gasteiger partial charge is 0.130 e. The molecule has 0 fully saturated rings. The quantitative estimate of drug-likeness (QED) is 0.0418. The monoisotopic (exact) mass is 898 g/mol. The SMILES string of the molecule is CC.CCCN(CCN)Cc1c(O)c(C)c(O)c(C)c1O.Cc1c(O)c(C)c(O)c(CCCCN(CCCCc2c(O)c(C)c(O)c(C)c2O)Cc2c(O)c(C)c(O)c(C)c2O)c1O. The Morgan fingerprint density at radius 3 is 0.797 bits per heavy atom. The van der Waals surface area contributed by atoms with E-state index < -0.39 is 0 Å². The third-order valence-electron chi connectivity index (χ3n) is 12.0. The number of benzene rings is 4. The number of hydrogen-bond acceptors (Lipinski definition) is 15. The van der Waals surface area contributed by atoms with E-state index in [1.807, 2.05) is 18.7 Å². The first-order valence-corrected chi connectivity index (χ1v) is 22.1. The zero-order chi connectivity index (χ0) is 48.9. The van der Waals surface area contributed by atoms with Gasteiger partial charge in [-0.05, 0) is 120 Å². The van der Waals surface area contributed by atoms with Gasteiger partial charge in [0.25, 0.3) is 0 Å². The Balaban J connectivity index is 0.000000559. The number of nitrogens with two attached hydrogens (primary N) is 1. The van der Waals surface area contributed by atoms with E-state index in [4.69, 9.17) is 5.73 Å². The second-order valence-electron chi connectivity index (χ2n) is 16.4. The lowest BCUT2D eigenvalue weighted by atomic mass is 9.97. The van der Waals surface area contributed by atoms with E-state index in [0.29, 0.717) is 127 Å². The van der Waals surface area contributed by atoms with Crippen LogP contribution in [-0.4, -0.2) is 104 Å². The molecule has 4 aromatic carbocycles. The second-order valence-corrected chi connectivity index (χ2v) is 16.4. The average molecular weight is 898 g/mol. The van der Waals surface area contributed by atoms with E-state index >= 15 is 0 Å². The van der Waals surface area contributed by atoms with Gasteiger partial charge in [-0.1, -0.05) is 20.8 Å². The van der Waals surface area contributed by atoms with Crippen LogP contribution in [0.4, 0.5) is 0 Å². The lowest BCUT2D eigenvalue weighted by Crippen LogP contribution is -2.30.